The minimum absolute atomic E-state index is 0.00736. The van der Waals surface area contributed by atoms with Gasteiger partial charge in [-0.05, 0) is 35.4 Å². The van der Waals surface area contributed by atoms with Gasteiger partial charge in [-0.3, -0.25) is 0 Å². The Morgan fingerprint density at radius 3 is 1.14 bits per heavy atom. The van der Waals surface area contributed by atoms with Crippen molar-refractivity contribution in [3.05, 3.63) is 131 Å². The number of nitrogens with zero attached hydrogens (tertiary/aromatic N) is 2. The molecule has 4 aromatic rings. The minimum atomic E-state index is -0.193. The summed E-state index contributed by atoms with van der Waals surface area (Å²) in [6.07, 6.45) is 8.59. The maximum absolute atomic E-state index is 12.7. The van der Waals surface area contributed by atoms with Crippen LogP contribution in [0.5, 0.6) is 0 Å². The first-order valence-corrected chi connectivity index (χ1v) is 18.7. The SMILES string of the molecule is C[N+]1(Cc2ccc(-c3ccc(C[N+]4(C)C5CCC4CC(OC(=O)c4ccccc4)C5)cc3)cc2)C2CCC1CC(OC(=O)c1ccccc1)C2. The fraction of sp³-hybridized carbons (Fsp3) is 0.409. The van der Waals surface area contributed by atoms with Gasteiger partial charge in [0.25, 0.3) is 0 Å². The van der Waals surface area contributed by atoms with Crippen LogP contribution in [0, 0.1) is 0 Å². The number of carbonyl (C=O) groups excluding carboxylic acids is 2. The van der Waals surface area contributed by atoms with Gasteiger partial charge in [0.2, 0.25) is 0 Å². The molecule has 4 bridgehead atoms. The molecule has 4 heterocycles. The largest absolute Gasteiger partial charge is 0.458 e. The number of fused-ring (bicyclic) bond motifs is 4. The van der Waals surface area contributed by atoms with Gasteiger partial charge in [-0.1, -0.05) is 84.9 Å². The van der Waals surface area contributed by atoms with Crippen LogP contribution in [0.15, 0.2) is 109 Å². The van der Waals surface area contributed by atoms with Crippen molar-refractivity contribution in [2.75, 3.05) is 14.1 Å². The molecule has 4 unspecified atom stereocenters. The standard InChI is InChI=1S/C44H50N2O4/c1-45(37-21-22-38(45)26-41(25-37)49-43(47)35-9-5-3-6-10-35)29-31-13-17-33(18-14-31)34-19-15-32(16-20-34)30-46(2)39-23-24-40(46)28-42(27-39)50-44(48)36-11-7-4-8-12-36/h3-20,37-42H,21-30H2,1-2H3/q+2. The molecule has 8 rings (SSSR count). The topological polar surface area (TPSA) is 52.6 Å². The molecule has 4 aliphatic rings. The van der Waals surface area contributed by atoms with Crippen molar-refractivity contribution in [2.24, 2.45) is 0 Å². The lowest BCUT2D eigenvalue weighted by Crippen LogP contribution is -2.58. The van der Waals surface area contributed by atoms with Crippen molar-refractivity contribution >= 4 is 11.9 Å². The van der Waals surface area contributed by atoms with Crippen LogP contribution in [0.2, 0.25) is 0 Å². The predicted octanol–water partition coefficient (Wildman–Crippen LogP) is 8.35. The summed E-state index contributed by atoms with van der Waals surface area (Å²) >= 11 is 0. The van der Waals surface area contributed by atoms with Crippen molar-refractivity contribution in [1.82, 2.24) is 0 Å². The van der Waals surface area contributed by atoms with Gasteiger partial charge in [0, 0.05) is 62.5 Å². The second-order valence-electron chi connectivity index (χ2n) is 15.9. The van der Waals surface area contributed by atoms with Gasteiger partial charge in [0.1, 0.15) is 25.3 Å². The highest BCUT2D eigenvalue weighted by atomic mass is 16.5. The molecule has 50 heavy (non-hydrogen) atoms. The zero-order valence-electron chi connectivity index (χ0n) is 29.5. The van der Waals surface area contributed by atoms with Gasteiger partial charge in [-0.25, -0.2) is 9.59 Å². The first kappa shape index (κ1) is 32.9. The Hall–Kier alpha value is -4.26. The lowest BCUT2D eigenvalue weighted by molar-refractivity contribution is -0.961. The van der Waals surface area contributed by atoms with E-state index in [1.807, 2.05) is 60.7 Å². The van der Waals surface area contributed by atoms with Crippen molar-refractivity contribution in [2.45, 2.75) is 101 Å². The Morgan fingerprint density at radius 2 is 0.820 bits per heavy atom. The molecule has 4 atom stereocenters. The first-order chi connectivity index (χ1) is 24.3. The molecule has 0 saturated carbocycles. The summed E-state index contributed by atoms with van der Waals surface area (Å²) in [6.45, 7) is 2.03. The van der Waals surface area contributed by atoms with E-state index >= 15 is 0 Å². The van der Waals surface area contributed by atoms with Crippen LogP contribution in [0.25, 0.3) is 11.1 Å². The zero-order valence-corrected chi connectivity index (χ0v) is 29.5. The van der Waals surface area contributed by atoms with Crippen molar-refractivity contribution in [3.63, 3.8) is 0 Å². The van der Waals surface area contributed by atoms with Crippen LogP contribution in [0.1, 0.15) is 83.2 Å². The smallest absolute Gasteiger partial charge is 0.338 e. The molecule has 258 valence electrons. The number of quaternary nitrogens is 2. The van der Waals surface area contributed by atoms with E-state index in [0.29, 0.717) is 35.3 Å². The van der Waals surface area contributed by atoms with E-state index in [9.17, 15) is 9.59 Å². The van der Waals surface area contributed by atoms with Gasteiger partial charge in [0.05, 0.1) is 49.4 Å². The van der Waals surface area contributed by atoms with Crippen LogP contribution in [0.4, 0.5) is 0 Å². The molecule has 0 aromatic heterocycles. The molecule has 6 heteroatoms. The lowest BCUT2D eigenvalue weighted by Gasteiger charge is -2.47. The summed E-state index contributed by atoms with van der Waals surface area (Å²) in [5, 5.41) is 0. The summed E-state index contributed by atoms with van der Waals surface area (Å²) in [5.74, 6) is -0.387. The third kappa shape index (κ3) is 6.40. The predicted molar refractivity (Wildman–Crippen MR) is 195 cm³/mol. The molecular weight excluding hydrogens is 620 g/mol. The maximum Gasteiger partial charge on any atom is 0.338 e. The second-order valence-corrected chi connectivity index (χ2v) is 15.9. The van der Waals surface area contributed by atoms with Crippen LogP contribution in [0.3, 0.4) is 0 Å². The summed E-state index contributed by atoms with van der Waals surface area (Å²) in [5.41, 5.74) is 6.52. The average Bonchev–Trinajstić information content (AvgIpc) is 3.36. The second kappa shape index (κ2) is 13.5. The molecule has 0 radical (unpaired) electrons. The van der Waals surface area contributed by atoms with Gasteiger partial charge in [-0.15, -0.1) is 0 Å². The maximum atomic E-state index is 12.7. The van der Waals surface area contributed by atoms with Gasteiger partial charge < -0.3 is 18.4 Å². The first-order valence-electron chi connectivity index (χ1n) is 18.7. The van der Waals surface area contributed by atoms with Crippen LogP contribution < -0.4 is 0 Å². The summed E-state index contributed by atoms with van der Waals surface area (Å²) < 4.78 is 14.1. The molecule has 0 amide bonds. The van der Waals surface area contributed by atoms with Crippen molar-refractivity contribution in [1.29, 1.82) is 0 Å². The number of ether oxygens (including phenoxy) is 2. The van der Waals surface area contributed by atoms with E-state index in [0.717, 1.165) is 47.7 Å². The molecule has 0 aliphatic carbocycles. The fourth-order valence-corrected chi connectivity index (χ4v) is 10.1. The Kier molecular flexibility index (Phi) is 8.86. The van der Waals surface area contributed by atoms with Crippen LogP contribution in [-0.2, 0) is 22.6 Å². The Labute approximate surface area is 296 Å². The summed E-state index contributed by atoms with van der Waals surface area (Å²) in [6, 6.07) is 39.2. The van der Waals surface area contributed by atoms with Gasteiger partial charge in [0.15, 0.2) is 0 Å². The minimum Gasteiger partial charge on any atom is -0.458 e. The van der Waals surface area contributed by atoms with E-state index in [4.69, 9.17) is 9.47 Å². The number of hydrogen-bond donors (Lipinski definition) is 0. The quantitative estimate of drug-likeness (QED) is 0.133. The summed E-state index contributed by atoms with van der Waals surface area (Å²) in [7, 11) is 4.83. The monoisotopic (exact) mass is 670 g/mol. The fourth-order valence-electron chi connectivity index (χ4n) is 10.1. The van der Waals surface area contributed by atoms with Crippen molar-refractivity contribution < 1.29 is 28.0 Å². The number of benzene rings is 4. The highest BCUT2D eigenvalue weighted by Gasteiger charge is 2.53. The molecule has 4 fully saturated rings. The van der Waals surface area contributed by atoms with Crippen LogP contribution >= 0.6 is 0 Å². The Balaban J connectivity index is 0.864. The highest BCUT2D eigenvalue weighted by Crippen LogP contribution is 2.45. The van der Waals surface area contributed by atoms with E-state index in [1.54, 1.807) is 0 Å². The molecule has 0 spiro atoms. The number of rotatable bonds is 9. The average molecular weight is 671 g/mol. The molecule has 0 N–H and O–H groups in total. The zero-order chi connectivity index (χ0) is 34.3. The number of esters is 2. The van der Waals surface area contributed by atoms with Gasteiger partial charge in [-0.2, -0.15) is 0 Å². The van der Waals surface area contributed by atoms with Crippen molar-refractivity contribution in [3.8, 4) is 11.1 Å². The highest BCUT2D eigenvalue weighted by molar-refractivity contribution is 5.89. The third-order valence-electron chi connectivity index (χ3n) is 13.0. The number of carbonyl (C=O) groups is 2. The van der Waals surface area contributed by atoms with E-state index < -0.39 is 0 Å². The van der Waals surface area contributed by atoms with E-state index in [-0.39, 0.29) is 24.1 Å². The number of hydrogen-bond acceptors (Lipinski definition) is 4. The number of piperidine rings is 2. The molecule has 4 saturated heterocycles. The van der Waals surface area contributed by atoms with E-state index in [2.05, 4.69) is 62.6 Å². The van der Waals surface area contributed by atoms with Crippen LogP contribution in [-0.4, -0.2) is 71.4 Å². The Bertz CT molecular complexity index is 1640. The van der Waals surface area contributed by atoms with E-state index in [1.165, 1.54) is 47.9 Å². The summed E-state index contributed by atoms with van der Waals surface area (Å²) in [4.78, 5) is 25.5. The molecule has 6 nitrogen and oxygen atoms in total. The molecule has 4 aliphatic heterocycles. The van der Waals surface area contributed by atoms with Gasteiger partial charge >= 0.3 is 11.9 Å². The normalized spacial score (nSPS) is 31.2. The lowest BCUT2D eigenvalue weighted by atomic mass is 9.94. The molecule has 4 aromatic carbocycles. The molecular formula is C44H50N2O4+2. The third-order valence-corrected chi connectivity index (χ3v) is 13.0. The Morgan fingerprint density at radius 1 is 0.500 bits per heavy atom.